The van der Waals surface area contributed by atoms with E-state index in [4.69, 9.17) is 14.7 Å². The first-order chi connectivity index (χ1) is 29.8. The first kappa shape index (κ1) is 41.7. The number of likely N-dealkylation sites (N-methyl/N-ethyl adjacent to an activating group) is 1. The highest BCUT2D eigenvalue weighted by molar-refractivity contribution is 7.09. The van der Waals surface area contributed by atoms with E-state index in [2.05, 4.69) is 94.7 Å². The smallest absolute Gasteiger partial charge is 0.407 e. The first-order valence-electron chi connectivity index (χ1n) is 21.4. The average Bonchev–Trinajstić information content (AvgIpc) is 4.16. The third kappa shape index (κ3) is 9.33. The van der Waals surface area contributed by atoms with Crippen molar-refractivity contribution in [2.24, 2.45) is 0 Å². The fraction of sp³-hybridized carbons (Fsp3) is 0.354. The topological polar surface area (TPSA) is 140 Å². The van der Waals surface area contributed by atoms with Crippen LogP contribution in [0.3, 0.4) is 0 Å². The molecule has 0 bridgehead atoms. The van der Waals surface area contributed by atoms with Crippen LogP contribution in [0, 0.1) is 0 Å². The zero-order valence-corrected chi connectivity index (χ0v) is 35.9. The molecule has 4 atom stereocenters. The lowest BCUT2D eigenvalue weighted by Crippen LogP contribution is -2.43. The Hall–Kier alpha value is -6.05. The summed E-state index contributed by atoms with van der Waals surface area (Å²) in [4.78, 5) is 63.8. The van der Waals surface area contributed by atoms with E-state index in [1.807, 2.05) is 57.9 Å². The number of imidazole rings is 2. The Morgan fingerprint density at radius 2 is 1.33 bits per heavy atom. The van der Waals surface area contributed by atoms with Crippen molar-refractivity contribution < 1.29 is 19.1 Å². The second-order valence-electron chi connectivity index (χ2n) is 15.8. The Kier molecular flexibility index (Phi) is 13.1. The lowest BCUT2D eigenvalue weighted by molar-refractivity contribution is -0.138. The third-order valence-electron chi connectivity index (χ3n) is 12.1. The number of H-pyrrole nitrogens is 2. The van der Waals surface area contributed by atoms with Crippen LogP contribution in [0.2, 0.25) is 0 Å². The average molecular weight is 839 g/mol. The van der Waals surface area contributed by atoms with Crippen molar-refractivity contribution in [1.82, 2.24) is 40.0 Å². The van der Waals surface area contributed by atoms with Gasteiger partial charge >= 0.3 is 6.09 Å². The number of rotatable bonds is 15. The molecule has 8 rings (SSSR count). The maximum Gasteiger partial charge on any atom is 0.407 e. The number of nitrogens with zero attached hydrogens (tertiary/aromatic N) is 5. The highest BCUT2D eigenvalue weighted by Crippen LogP contribution is 2.37. The summed E-state index contributed by atoms with van der Waals surface area (Å²) in [5.74, 6) is 1.71. The highest BCUT2D eigenvalue weighted by Gasteiger charge is 2.38. The van der Waals surface area contributed by atoms with Gasteiger partial charge in [-0.15, -0.1) is 11.3 Å². The molecule has 6 aromatic rings. The van der Waals surface area contributed by atoms with E-state index in [-0.39, 0.29) is 42.4 Å². The minimum absolute atomic E-state index is 0.0164. The van der Waals surface area contributed by atoms with Gasteiger partial charge in [0, 0.05) is 36.9 Å². The molecule has 3 amide bonds. The van der Waals surface area contributed by atoms with Gasteiger partial charge in [0.25, 0.3) is 0 Å². The van der Waals surface area contributed by atoms with Gasteiger partial charge in [-0.3, -0.25) is 14.5 Å². The van der Waals surface area contributed by atoms with E-state index in [1.165, 1.54) is 7.11 Å². The van der Waals surface area contributed by atoms with E-state index < -0.39 is 6.09 Å². The standard InChI is InChI=1S/C48H54N8O4S/c1-4-54(5-2)44(36-12-7-6-8-13-36)47(58)56-26-10-16-42(56)46-50-31-40(53-46)35-23-19-33(20-24-35)32-17-21-34(22-18-32)39-30-49-45(52-39)41-15-9-25-55(41)43(57)29-37(51-48(59)60-3)28-38-14-11-27-61-38/h6-8,11-14,17-24,27,30-31,37,41-42,44H,4-5,9-10,15-16,25-26,28-29H2,1-3H3,(H,49,52)(H,50,53)(H,51,59)/t37-,41-,42-,44?/m0/s1. The molecule has 5 heterocycles. The Labute approximate surface area is 361 Å². The van der Waals surface area contributed by atoms with Crippen LogP contribution in [0.25, 0.3) is 33.6 Å². The number of thiophene rings is 1. The molecule has 316 valence electrons. The number of carbonyl (C=O) groups is 3. The molecular weight excluding hydrogens is 785 g/mol. The normalized spacial score (nSPS) is 17.4. The number of carbonyl (C=O) groups excluding carboxylic acids is 3. The Morgan fingerprint density at radius 1 is 0.770 bits per heavy atom. The van der Waals surface area contributed by atoms with Crippen LogP contribution in [0.15, 0.2) is 109 Å². The number of alkyl carbamates (subject to hydrolysis) is 1. The van der Waals surface area contributed by atoms with Crippen molar-refractivity contribution in [2.75, 3.05) is 33.3 Å². The van der Waals surface area contributed by atoms with Crippen LogP contribution < -0.4 is 5.32 Å². The first-order valence-corrected chi connectivity index (χ1v) is 22.3. The van der Waals surface area contributed by atoms with Crippen molar-refractivity contribution in [1.29, 1.82) is 0 Å². The molecule has 3 aromatic carbocycles. The molecule has 2 aliphatic rings. The van der Waals surface area contributed by atoms with Crippen LogP contribution in [0.1, 0.15) is 86.2 Å². The molecule has 2 aliphatic heterocycles. The molecule has 3 aromatic heterocycles. The van der Waals surface area contributed by atoms with Crippen LogP contribution in [-0.4, -0.2) is 91.9 Å². The number of hydrogen-bond acceptors (Lipinski definition) is 8. The summed E-state index contributed by atoms with van der Waals surface area (Å²) in [6, 6.07) is 30.0. The van der Waals surface area contributed by atoms with Gasteiger partial charge in [0.15, 0.2) is 0 Å². The third-order valence-corrected chi connectivity index (χ3v) is 13.0. The number of aromatic nitrogens is 4. The summed E-state index contributed by atoms with van der Waals surface area (Å²) in [6.07, 6.45) is 7.43. The summed E-state index contributed by atoms with van der Waals surface area (Å²) in [5.41, 5.74) is 7.06. The quantitative estimate of drug-likeness (QED) is 0.0939. The second kappa shape index (κ2) is 19.1. The van der Waals surface area contributed by atoms with Crippen molar-refractivity contribution in [3.63, 3.8) is 0 Å². The monoisotopic (exact) mass is 838 g/mol. The summed E-state index contributed by atoms with van der Waals surface area (Å²) in [5, 5.41) is 4.84. The van der Waals surface area contributed by atoms with Crippen LogP contribution in [0.5, 0.6) is 0 Å². The Morgan fingerprint density at radius 3 is 1.87 bits per heavy atom. The van der Waals surface area contributed by atoms with E-state index in [0.29, 0.717) is 13.0 Å². The van der Waals surface area contributed by atoms with E-state index in [1.54, 1.807) is 11.3 Å². The number of nitrogens with one attached hydrogen (secondary N) is 3. The molecule has 2 saturated heterocycles. The minimum atomic E-state index is -0.542. The molecule has 0 aliphatic carbocycles. The van der Waals surface area contributed by atoms with Gasteiger partial charge in [-0.25, -0.2) is 14.8 Å². The summed E-state index contributed by atoms with van der Waals surface area (Å²) in [7, 11) is 1.33. The van der Waals surface area contributed by atoms with Crippen LogP contribution in [0.4, 0.5) is 4.79 Å². The lowest BCUT2D eigenvalue weighted by Gasteiger charge is -2.34. The van der Waals surface area contributed by atoms with Gasteiger partial charge in [0.1, 0.15) is 17.7 Å². The number of methoxy groups -OCH3 is 1. The number of likely N-dealkylation sites (tertiary alicyclic amines) is 2. The van der Waals surface area contributed by atoms with E-state index in [0.717, 1.165) is 101 Å². The predicted molar refractivity (Wildman–Crippen MR) is 238 cm³/mol. The van der Waals surface area contributed by atoms with Gasteiger partial charge in [-0.2, -0.15) is 0 Å². The Bertz CT molecular complexity index is 2370. The molecule has 3 N–H and O–H groups in total. The maximum atomic E-state index is 14.2. The number of ether oxygens (including phenoxy) is 1. The molecule has 0 radical (unpaired) electrons. The van der Waals surface area contributed by atoms with Gasteiger partial charge in [-0.1, -0.05) is 98.8 Å². The zero-order valence-electron chi connectivity index (χ0n) is 35.1. The number of amides is 3. The number of hydrogen-bond donors (Lipinski definition) is 3. The fourth-order valence-electron chi connectivity index (χ4n) is 8.94. The van der Waals surface area contributed by atoms with Gasteiger partial charge < -0.3 is 29.8 Å². The Balaban J connectivity index is 0.907. The molecule has 13 heteroatoms. The van der Waals surface area contributed by atoms with Crippen molar-refractivity contribution in [3.05, 3.63) is 131 Å². The van der Waals surface area contributed by atoms with Gasteiger partial charge in [0.05, 0.1) is 43.0 Å². The SMILES string of the molecule is CCN(CC)C(C(=O)N1CCC[C@H]1c1ncc(-c2ccc(-c3ccc(-c4cnc([C@@H]5CCCN5C(=O)C[C@H](Cc5cccs5)NC(=O)OC)[nH]4)cc3)cc2)[nH]1)c1ccccc1. The van der Waals surface area contributed by atoms with Gasteiger partial charge in [0.2, 0.25) is 11.8 Å². The molecule has 61 heavy (non-hydrogen) atoms. The molecular formula is C48H54N8O4S. The number of benzene rings is 3. The van der Waals surface area contributed by atoms with Crippen LogP contribution in [-0.2, 0) is 20.7 Å². The van der Waals surface area contributed by atoms with Crippen LogP contribution >= 0.6 is 11.3 Å². The van der Waals surface area contributed by atoms with E-state index in [9.17, 15) is 14.4 Å². The molecule has 2 fully saturated rings. The molecule has 0 saturated carbocycles. The lowest BCUT2D eigenvalue weighted by atomic mass is 10.0. The minimum Gasteiger partial charge on any atom is -0.453 e. The van der Waals surface area contributed by atoms with E-state index >= 15 is 0 Å². The predicted octanol–water partition coefficient (Wildman–Crippen LogP) is 8.96. The zero-order chi connectivity index (χ0) is 42.3. The summed E-state index contributed by atoms with van der Waals surface area (Å²) in [6.45, 7) is 7.17. The van der Waals surface area contributed by atoms with Gasteiger partial charge in [-0.05, 0) is 78.0 Å². The van der Waals surface area contributed by atoms with Crippen molar-refractivity contribution in [3.8, 4) is 33.6 Å². The van der Waals surface area contributed by atoms with Crippen molar-refractivity contribution >= 4 is 29.2 Å². The fourth-order valence-corrected chi connectivity index (χ4v) is 9.73. The molecule has 0 spiro atoms. The van der Waals surface area contributed by atoms with Crippen molar-refractivity contribution in [2.45, 2.75) is 76.5 Å². The molecule has 12 nitrogen and oxygen atoms in total. The summed E-state index contributed by atoms with van der Waals surface area (Å²) >= 11 is 1.60. The second-order valence-corrected chi connectivity index (χ2v) is 16.8. The largest absolute Gasteiger partial charge is 0.453 e. The highest BCUT2D eigenvalue weighted by atomic mass is 32.1. The summed E-state index contributed by atoms with van der Waals surface area (Å²) < 4.78 is 4.84. The maximum absolute atomic E-state index is 14.2. The number of aromatic amines is 2. The molecule has 1 unspecified atom stereocenters.